The predicted molar refractivity (Wildman–Crippen MR) is 121 cm³/mol. The highest BCUT2D eigenvalue weighted by atomic mass is 19.1. The first-order chi connectivity index (χ1) is 13.3. The van der Waals surface area contributed by atoms with E-state index in [1.54, 1.807) is 6.07 Å². The van der Waals surface area contributed by atoms with Gasteiger partial charge in [0.1, 0.15) is 5.82 Å². The van der Waals surface area contributed by atoms with Crippen molar-refractivity contribution in [2.45, 2.75) is 78.6 Å². The number of hydrogen-bond acceptors (Lipinski definition) is 2. The standard InChI is InChI=1S/C25H43FN2/c1-7-9-21(11-10-19(3)8-2)18-28-14-12-22(13-15-28)23-17-25(27(5)6)20(4)16-24(23)26/h16-17,19,21-22H,7-15,18H2,1-6H3. The maximum Gasteiger partial charge on any atom is 0.127 e. The molecule has 0 spiro atoms. The summed E-state index contributed by atoms with van der Waals surface area (Å²) in [5, 5.41) is 0. The van der Waals surface area contributed by atoms with Crippen LogP contribution in [-0.4, -0.2) is 38.6 Å². The molecule has 2 rings (SSSR count). The van der Waals surface area contributed by atoms with Crippen LogP contribution in [0, 0.1) is 24.6 Å². The Bertz CT molecular complexity index is 590. The fourth-order valence-corrected chi connectivity index (χ4v) is 4.72. The molecule has 0 amide bonds. The van der Waals surface area contributed by atoms with Gasteiger partial charge in [-0.3, -0.25) is 0 Å². The van der Waals surface area contributed by atoms with E-state index < -0.39 is 0 Å². The van der Waals surface area contributed by atoms with Crippen LogP contribution in [0.25, 0.3) is 0 Å². The monoisotopic (exact) mass is 390 g/mol. The van der Waals surface area contributed by atoms with Crippen LogP contribution in [-0.2, 0) is 0 Å². The fourth-order valence-electron chi connectivity index (χ4n) is 4.72. The maximum absolute atomic E-state index is 14.7. The Balaban J connectivity index is 1.93. The van der Waals surface area contributed by atoms with Crippen molar-refractivity contribution in [3.8, 4) is 0 Å². The van der Waals surface area contributed by atoms with E-state index in [2.05, 4.69) is 36.6 Å². The zero-order chi connectivity index (χ0) is 20.7. The van der Waals surface area contributed by atoms with Gasteiger partial charge in [0.25, 0.3) is 0 Å². The lowest BCUT2D eigenvalue weighted by molar-refractivity contribution is 0.169. The summed E-state index contributed by atoms with van der Waals surface area (Å²) in [6, 6.07) is 3.82. The summed E-state index contributed by atoms with van der Waals surface area (Å²) in [6.07, 6.45) is 8.80. The van der Waals surface area contributed by atoms with Gasteiger partial charge in [-0.25, -0.2) is 4.39 Å². The lowest BCUT2D eigenvalue weighted by Gasteiger charge is -2.35. The smallest absolute Gasteiger partial charge is 0.127 e. The SMILES string of the molecule is CCCC(CCC(C)CC)CN1CCC(c2cc(N(C)C)c(C)cc2F)CC1. The van der Waals surface area contributed by atoms with Crippen molar-refractivity contribution in [1.82, 2.24) is 4.90 Å². The lowest BCUT2D eigenvalue weighted by atomic mass is 9.86. The molecule has 2 atom stereocenters. The Morgan fingerprint density at radius 1 is 1.11 bits per heavy atom. The van der Waals surface area contributed by atoms with Gasteiger partial charge in [-0.15, -0.1) is 0 Å². The van der Waals surface area contributed by atoms with Crippen molar-refractivity contribution in [3.63, 3.8) is 0 Å². The van der Waals surface area contributed by atoms with Crippen molar-refractivity contribution >= 4 is 5.69 Å². The summed E-state index contributed by atoms with van der Waals surface area (Å²) in [5.74, 6) is 2.02. The second kappa shape index (κ2) is 11.2. The molecule has 2 nitrogen and oxygen atoms in total. The molecule has 1 heterocycles. The number of nitrogens with zero attached hydrogens (tertiary/aromatic N) is 2. The molecule has 1 aromatic carbocycles. The van der Waals surface area contributed by atoms with Crippen LogP contribution in [0.2, 0.25) is 0 Å². The quantitative estimate of drug-likeness (QED) is 0.443. The van der Waals surface area contributed by atoms with Gasteiger partial charge in [-0.1, -0.05) is 40.0 Å². The van der Waals surface area contributed by atoms with Gasteiger partial charge in [0, 0.05) is 26.3 Å². The fraction of sp³-hybridized carbons (Fsp3) is 0.760. The molecular weight excluding hydrogens is 347 g/mol. The summed E-state index contributed by atoms with van der Waals surface area (Å²) in [7, 11) is 4.08. The summed E-state index contributed by atoms with van der Waals surface area (Å²) < 4.78 is 14.7. The Morgan fingerprint density at radius 2 is 1.79 bits per heavy atom. The van der Waals surface area contributed by atoms with Gasteiger partial charge < -0.3 is 9.80 Å². The number of rotatable bonds is 10. The minimum atomic E-state index is -0.0148. The van der Waals surface area contributed by atoms with Gasteiger partial charge >= 0.3 is 0 Å². The second-order valence-corrected chi connectivity index (χ2v) is 9.37. The van der Waals surface area contributed by atoms with Crippen LogP contribution in [0.3, 0.4) is 0 Å². The van der Waals surface area contributed by atoms with Crippen molar-refractivity contribution in [2.24, 2.45) is 11.8 Å². The molecule has 1 aliphatic rings. The molecule has 0 aromatic heterocycles. The first kappa shape index (κ1) is 23.2. The molecule has 0 saturated carbocycles. The summed E-state index contributed by atoms with van der Waals surface area (Å²) in [5.41, 5.74) is 3.09. The second-order valence-electron chi connectivity index (χ2n) is 9.37. The summed E-state index contributed by atoms with van der Waals surface area (Å²) >= 11 is 0. The van der Waals surface area contributed by atoms with E-state index in [0.29, 0.717) is 5.92 Å². The number of aryl methyl sites for hydroxylation is 1. The minimum Gasteiger partial charge on any atom is -0.377 e. The average Bonchev–Trinajstić information content (AvgIpc) is 2.66. The zero-order valence-electron chi connectivity index (χ0n) is 19.2. The third kappa shape index (κ3) is 6.47. The summed E-state index contributed by atoms with van der Waals surface area (Å²) in [6.45, 7) is 12.4. The molecule has 2 unspecified atom stereocenters. The van der Waals surface area contributed by atoms with E-state index >= 15 is 0 Å². The van der Waals surface area contributed by atoms with E-state index in [1.165, 1.54) is 38.6 Å². The normalized spacial score (nSPS) is 18.2. The van der Waals surface area contributed by atoms with Gasteiger partial charge in [0.2, 0.25) is 0 Å². The molecule has 1 saturated heterocycles. The van der Waals surface area contributed by atoms with Crippen molar-refractivity contribution < 1.29 is 4.39 Å². The maximum atomic E-state index is 14.7. The topological polar surface area (TPSA) is 6.48 Å². The van der Waals surface area contributed by atoms with Crippen molar-refractivity contribution in [3.05, 3.63) is 29.1 Å². The molecule has 0 aliphatic carbocycles. The zero-order valence-corrected chi connectivity index (χ0v) is 19.2. The van der Waals surface area contributed by atoms with Gasteiger partial charge in [-0.2, -0.15) is 0 Å². The van der Waals surface area contributed by atoms with E-state index in [-0.39, 0.29) is 5.82 Å². The molecule has 1 aliphatic heterocycles. The average molecular weight is 391 g/mol. The minimum absolute atomic E-state index is 0.0148. The lowest BCUT2D eigenvalue weighted by Crippen LogP contribution is -2.37. The van der Waals surface area contributed by atoms with Gasteiger partial charge in [0.05, 0.1) is 0 Å². The largest absolute Gasteiger partial charge is 0.377 e. The highest BCUT2D eigenvalue weighted by Crippen LogP contribution is 2.34. The summed E-state index contributed by atoms with van der Waals surface area (Å²) in [4.78, 5) is 4.74. The van der Waals surface area contributed by atoms with Crippen molar-refractivity contribution in [1.29, 1.82) is 0 Å². The molecular formula is C25H43FN2. The van der Waals surface area contributed by atoms with E-state index in [9.17, 15) is 4.39 Å². The van der Waals surface area contributed by atoms with Crippen LogP contribution in [0.15, 0.2) is 12.1 Å². The molecule has 28 heavy (non-hydrogen) atoms. The first-order valence-corrected chi connectivity index (χ1v) is 11.5. The van der Waals surface area contributed by atoms with Crippen LogP contribution >= 0.6 is 0 Å². The molecule has 1 aromatic rings. The molecule has 0 radical (unpaired) electrons. The number of anilines is 1. The van der Waals surface area contributed by atoms with E-state index in [0.717, 1.165) is 54.6 Å². The highest BCUT2D eigenvalue weighted by Gasteiger charge is 2.25. The predicted octanol–water partition coefficient (Wildman–Crippen LogP) is 6.62. The molecule has 0 bridgehead atoms. The number of halogens is 1. The Kier molecular flexibility index (Phi) is 9.27. The van der Waals surface area contributed by atoms with Crippen LogP contribution < -0.4 is 4.90 Å². The Morgan fingerprint density at radius 3 is 2.36 bits per heavy atom. The molecule has 160 valence electrons. The van der Waals surface area contributed by atoms with Crippen LogP contribution in [0.1, 0.15) is 82.8 Å². The van der Waals surface area contributed by atoms with Crippen LogP contribution in [0.5, 0.6) is 0 Å². The van der Waals surface area contributed by atoms with Crippen LogP contribution in [0.4, 0.5) is 10.1 Å². The van der Waals surface area contributed by atoms with Crippen molar-refractivity contribution in [2.75, 3.05) is 38.6 Å². The number of likely N-dealkylation sites (tertiary alicyclic amines) is 1. The molecule has 3 heteroatoms. The van der Waals surface area contributed by atoms with E-state index in [4.69, 9.17) is 0 Å². The third-order valence-electron chi connectivity index (χ3n) is 6.80. The van der Waals surface area contributed by atoms with Gasteiger partial charge in [0.15, 0.2) is 0 Å². The van der Waals surface area contributed by atoms with Gasteiger partial charge in [-0.05, 0) is 86.7 Å². The van der Waals surface area contributed by atoms with E-state index in [1.807, 2.05) is 21.0 Å². The first-order valence-electron chi connectivity index (χ1n) is 11.5. The number of benzene rings is 1. The number of piperidine rings is 1. The molecule has 1 fully saturated rings. The third-order valence-corrected chi connectivity index (χ3v) is 6.80. The Labute approximate surface area is 173 Å². The number of hydrogen-bond donors (Lipinski definition) is 0. The highest BCUT2D eigenvalue weighted by molar-refractivity contribution is 5.55. The Hall–Kier alpha value is -1.09. The molecule has 0 N–H and O–H groups in total.